The third-order valence-electron chi connectivity index (χ3n) is 1.85. The molecule has 1 nitrogen and oxygen atoms in total. The molecule has 0 aliphatic rings. The van der Waals surface area contributed by atoms with Gasteiger partial charge < -0.3 is 12.0 Å². The first-order valence-corrected chi connectivity index (χ1v) is 5.70. The molecule has 0 atom stereocenters. The van der Waals surface area contributed by atoms with Crippen LogP contribution in [-0.4, -0.2) is 29.7 Å². The molecule has 0 aromatic carbocycles. The van der Waals surface area contributed by atoms with Crippen LogP contribution < -0.4 is 5.11 Å². The van der Waals surface area contributed by atoms with E-state index < -0.39 is 0 Å². The smallest absolute Gasteiger partial charge is 0.854 e. The van der Waals surface area contributed by atoms with E-state index in [1.807, 2.05) is 6.92 Å². The van der Waals surface area contributed by atoms with Crippen LogP contribution in [0.1, 0.15) is 65.2 Å². The zero-order chi connectivity index (χ0) is 10.4. The van der Waals surface area contributed by atoms with Gasteiger partial charge in [0.1, 0.15) is 0 Å². The quantitative estimate of drug-likeness (QED) is 0.360. The molecule has 0 saturated heterocycles. The van der Waals surface area contributed by atoms with Crippen LogP contribution in [0, 0.1) is 6.92 Å². The zero-order valence-electron chi connectivity index (χ0n) is 10.2. The van der Waals surface area contributed by atoms with Crippen LogP contribution in [0.15, 0.2) is 0 Å². The maximum Gasteiger partial charge on any atom is 2.00 e. The molecule has 0 saturated carbocycles. The Morgan fingerprint density at radius 3 is 1.64 bits per heavy atom. The van der Waals surface area contributed by atoms with Crippen molar-refractivity contribution in [3.63, 3.8) is 0 Å². The number of hydrogen-bond acceptors (Lipinski definition) is 1. The summed E-state index contributed by atoms with van der Waals surface area (Å²) in [5.41, 5.74) is 0. The van der Waals surface area contributed by atoms with Crippen molar-refractivity contribution < 1.29 is 5.11 Å². The molecule has 0 rings (SSSR count). The molecule has 0 fully saturated rings. The molecule has 14 heavy (non-hydrogen) atoms. The first-order valence-electron chi connectivity index (χ1n) is 5.70. The summed E-state index contributed by atoms with van der Waals surface area (Å²) in [5.74, 6) is 0. The summed E-state index contributed by atoms with van der Waals surface area (Å²) in [6.45, 7) is 8.13. The summed E-state index contributed by atoms with van der Waals surface area (Å²) in [5, 5.41) is 9.53. The van der Waals surface area contributed by atoms with E-state index in [1.165, 1.54) is 32.1 Å². The molecular formula is C12H26MgO. The SMILES string of the molecule is CCCC[O-].[CH2-]CCCCCCC.[Mg+2]. The van der Waals surface area contributed by atoms with Gasteiger partial charge in [-0.25, -0.2) is 0 Å². The molecular weight excluding hydrogens is 184 g/mol. The summed E-state index contributed by atoms with van der Waals surface area (Å²) >= 11 is 0. The molecule has 0 radical (unpaired) electrons. The molecule has 0 aromatic heterocycles. The van der Waals surface area contributed by atoms with Crippen LogP contribution in [0.4, 0.5) is 0 Å². The maximum atomic E-state index is 9.53. The molecule has 0 aliphatic heterocycles. The predicted molar refractivity (Wildman–Crippen MR) is 64.3 cm³/mol. The minimum absolute atomic E-state index is 0. The largest absolute Gasteiger partial charge is 2.00 e. The van der Waals surface area contributed by atoms with E-state index in [1.54, 1.807) is 0 Å². The number of rotatable bonds is 7. The van der Waals surface area contributed by atoms with E-state index in [-0.39, 0.29) is 29.7 Å². The van der Waals surface area contributed by atoms with Gasteiger partial charge in [0.2, 0.25) is 0 Å². The van der Waals surface area contributed by atoms with Crippen molar-refractivity contribution in [2.45, 2.75) is 65.2 Å². The fraction of sp³-hybridized carbons (Fsp3) is 0.917. The Kier molecular flexibility index (Phi) is 33.9. The Balaban J connectivity index is -0.000000177. The minimum Gasteiger partial charge on any atom is -0.854 e. The number of unbranched alkanes of at least 4 members (excludes halogenated alkanes) is 6. The fourth-order valence-corrected chi connectivity index (χ4v) is 0.925. The molecule has 0 unspecified atom stereocenters. The molecule has 0 N–H and O–H groups in total. The van der Waals surface area contributed by atoms with Gasteiger partial charge in [-0.3, -0.25) is 0 Å². The van der Waals surface area contributed by atoms with Gasteiger partial charge >= 0.3 is 23.1 Å². The second kappa shape index (κ2) is 23.5. The molecule has 2 heteroatoms. The van der Waals surface area contributed by atoms with Crippen molar-refractivity contribution in [3.05, 3.63) is 6.92 Å². The summed E-state index contributed by atoms with van der Waals surface area (Å²) in [4.78, 5) is 0. The van der Waals surface area contributed by atoms with E-state index in [4.69, 9.17) is 0 Å². The maximum absolute atomic E-state index is 9.53. The van der Waals surface area contributed by atoms with Gasteiger partial charge in [0, 0.05) is 0 Å². The van der Waals surface area contributed by atoms with E-state index >= 15 is 0 Å². The predicted octanol–water partition coefficient (Wildman–Crippen LogP) is 2.95. The van der Waals surface area contributed by atoms with Gasteiger partial charge in [0.15, 0.2) is 0 Å². The molecule has 0 bridgehead atoms. The summed E-state index contributed by atoms with van der Waals surface area (Å²) in [7, 11) is 0. The van der Waals surface area contributed by atoms with Crippen LogP contribution in [0.25, 0.3) is 0 Å². The van der Waals surface area contributed by atoms with Crippen molar-refractivity contribution in [1.82, 2.24) is 0 Å². The van der Waals surface area contributed by atoms with Gasteiger partial charge in [0.05, 0.1) is 0 Å². The monoisotopic (exact) mass is 210 g/mol. The van der Waals surface area contributed by atoms with Crippen LogP contribution in [0.5, 0.6) is 0 Å². The van der Waals surface area contributed by atoms with Crippen LogP contribution in [0.3, 0.4) is 0 Å². The second-order valence-corrected chi connectivity index (χ2v) is 3.33. The minimum atomic E-state index is 0. The average molecular weight is 211 g/mol. The molecule has 0 amide bonds. The first kappa shape index (κ1) is 20.2. The summed E-state index contributed by atoms with van der Waals surface area (Å²) in [6.07, 6.45) is 9.84. The molecule has 82 valence electrons. The molecule has 0 aliphatic carbocycles. The van der Waals surface area contributed by atoms with Gasteiger partial charge in [-0.05, 0) is 0 Å². The molecule has 0 aromatic rings. The summed E-state index contributed by atoms with van der Waals surface area (Å²) < 4.78 is 0. The van der Waals surface area contributed by atoms with Gasteiger partial charge in [0.25, 0.3) is 0 Å². The first-order chi connectivity index (χ1) is 6.33. The van der Waals surface area contributed by atoms with Crippen LogP contribution in [-0.2, 0) is 0 Å². The Bertz CT molecular complexity index is 59.3. The second-order valence-electron chi connectivity index (χ2n) is 3.33. The Hall–Kier alpha value is 0.726. The van der Waals surface area contributed by atoms with Gasteiger partial charge in [-0.15, -0.1) is 6.61 Å². The van der Waals surface area contributed by atoms with Gasteiger partial charge in [-0.2, -0.15) is 6.42 Å². The zero-order valence-corrected chi connectivity index (χ0v) is 11.6. The number of hydrogen-bond donors (Lipinski definition) is 0. The topological polar surface area (TPSA) is 23.1 Å². The van der Waals surface area contributed by atoms with Gasteiger partial charge in [-0.1, -0.05) is 58.8 Å². The van der Waals surface area contributed by atoms with Crippen LogP contribution in [0.2, 0.25) is 0 Å². The normalized spacial score (nSPS) is 8.57. The van der Waals surface area contributed by atoms with Crippen molar-refractivity contribution in [2.75, 3.05) is 6.61 Å². The van der Waals surface area contributed by atoms with E-state index in [0.29, 0.717) is 0 Å². The summed E-state index contributed by atoms with van der Waals surface area (Å²) in [6, 6.07) is 0. The third kappa shape index (κ3) is 29.3. The van der Waals surface area contributed by atoms with Crippen molar-refractivity contribution in [2.24, 2.45) is 0 Å². The average Bonchev–Trinajstić information content (AvgIpc) is 2.15. The Morgan fingerprint density at radius 2 is 1.36 bits per heavy atom. The molecule has 0 heterocycles. The molecule has 0 spiro atoms. The Labute approximate surface area is 107 Å². The standard InChI is InChI=1S/C8H17.C4H9O.Mg/c1-3-5-7-8-6-4-2;1-2-3-4-5;/h1,3-8H2,2H3;2-4H2,1H3;/q2*-1;+2. The van der Waals surface area contributed by atoms with E-state index in [0.717, 1.165) is 19.3 Å². The van der Waals surface area contributed by atoms with E-state index in [9.17, 15) is 5.11 Å². The third-order valence-corrected chi connectivity index (χ3v) is 1.85. The van der Waals surface area contributed by atoms with Crippen LogP contribution >= 0.6 is 0 Å². The Morgan fingerprint density at radius 1 is 0.857 bits per heavy atom. The van der Waals surface area contributed by atoms with Crippen molar-refractivity contribution in [3.8, 4) is 0 Å². The van der Waals surface area contributed by atoms with Crippen molar-refractivity contribution >= 4 is 23.1 Å². The van der Waals surface area contributed by atoms with E-state index in [2.05, 4.69) is 13.8 Å². The van der Waals surface area contributed by atoms with Crippen molar-refractivity contribution in [1.29, 1.82) is 0 Å². The fourth-order valence-electron chi connectivity index (χ4n) is 0.925.